The highest BCUT2D eigenvalue weighted by atomic mass is 79.9. The zero-order chi connectivity index (χ0) is 14.5. The van der Waals surface area contributed by atoms with Crippen LogP contribution in [0, 0.1) is 0 Å². The van der Waals surface area contributed by atoms with Gasteiger partial charge >= 0.3 is 5.97 Å². The summed E-state index contributed by atoms with van der Waals surface area (Å²) < 4.78 is 11.3. The number of carbonyl (C=O) groups excluding carboxylic acids is 1. The van der Waals surface area contributed by atoms with Crippen LogP contribution in [-0.2, 0) is 11.3 Å². The van der Waals surface area contributed by atoms with Crippen LogP contribution in [0.5, 0.6) is 5.75 Å². The molecule has 0 fully saturated rings. The van der Waals surface area contributed by atoms with Crippen molar-refractivity contribution in [3.05, 3.63) is 58.1 Å². The Balaban J connectivity index is 2.12. The smallest absolute Gasteiger partial charge is 0.337 e. The summed E-state index contributed by atoms with van der Waals surface area (Å²) >= 11 is 3.37. The number of hydrogen-bond donors (Lipinski definition) is 1. The lowest BCUT2D eigenvalue weighted by Gasteiger charge is -2.10. The number of nitrogen functional groups attached to an aromatic ring is 1. The minimum Gasteiger partial charge on any atom is -0.487 e. The summed E-state index contributed by atoms with van der Waals surface area (Å²) in [6.45, 7) is 0.377. The van der Waals surface area contributed by atoms with Crippen LogP contribution in [0.15, 0.2) is 46.9 Å². The van der Waals surface area contributed by atoms with Gasteiger partial charge in [0, 0.05) is 4.47 Å². The predicted molar refractivity (Wildman–Crippen MR) is 80.7 cm³/mol. The molecule has 2 aromatic rings. The molecule has 0 aromatic heterocycles. The Morgan fingerprint density at radius 3 is 2.55 bits per heavy atom. The van der Waals surface area contributed by atoms with E-state index in [1.807, 2.05) is 24.3 Å². The summed E-state index contributed by atoms with van der Waals surface area (Å²) in [6, 6.07) is 12.6. The minimum absolute atomic E-state index is 0.377. The molecule has 20 heavy (non-hydrogen) atoms. The topological polar surface area (TPSA) is 61.5 Å². The third-order valence-corrected chi connectivity index (χ3v) is 3.27. The number of hydrogen-bond acceptors (Lipinski definition) is 4. The van der Waals surface area contributed by atoms with Gasteiger partial charge in [-0.25, -0.2) is 4.79 Å². The second kappa shape index (κ2) is 6.43. The summed E-state index contributed by atoms with van der Waals surface area (Å²) in [6.07, 6.45) is 0. The molecule has 0 aliphatic rings. The van der Waals surface area contributed by atoms with Gasteiger partial charge in [-0.15, -0.1) is 0 Å². The normalized spacial score (nSPS) is 10.1. The quantitative estimate of drug-likeness (QED) is 0.687. The van der Waals surface area contributed by atoms with Gasteiger partial charge in [-0.2, -0.15) is 0 Å². The van der Waals surface area contributed by atoms with Crippen LogP contribution in [0.2, 0.25) is 0 Å². The average Bonchev–Trinajstić information content (AvgIpc) is 2.47. The first-order valence-electron chi connectivity index (χ1n) is 5.95. The van der Waals surface area contributed by atoms with Crippen molar-refractivity contribution in [3.8, 4) is 5.75 Å². The zero-order valence-electron chi connectivity index (χ0n) is 10.9. The minimum atomic E-state index is -0.418. The first kappa shape index (κ1) is 14.4. The Morgan fingerprint density at radius 1 is 1.20 bits per heavy atom. The maximum atomic E-state index is 11.5. The van der Waals surface area contributed by atoms with E-state index in [2.05, 4.69) is 20.7 Å². The molecule has 5 heteroatoms. The lowest BCUT2D eigenvalue weighted by molar-refractivity contribution is 0.0600. The van der Waals surface area contributed by atoms with Crippen molar-refractivity contribution in [2.45, 2.75) is 6.61 Å². The lowest BCUT2D eigenvalue weighted by atomic mass is 10.2. The van der Waals surface area contributed by atoms with Gasteiger partial charge in [0.2, 0.25) is 0 Å². The van der Waals surface area contributed by atoms with Crippen LogP contribution in [-0.4, -0.2) is 13.1 Å². The molecular formula is C15H14BrNO3. The van der Waals surface area contributed by atoms with Gasteiger partial charge in [0.05, 0.1) is 18.4 Å². The summed E-state index contributed by atoms with van der Waals surface area (Å²) in [5.74, 6) is 0.0503. The van der Waals surface area contributed by atoms with Gasteiger partial charge in [-0.3, -0.25) is 0 Å². The molecule has 0 saturated carbocycles. The first-order chi connectivity index (χ1) is 9.60. The Labute approximate surface area is 125 Å². The monoisotopic (exact) mass is 335 g/mol. The largest absolute Gasteiger partial charge is 0.487 e. The van der Waals surface area contributed by atoms with E-state index >= 15 is 0 Å². The van der Waals surface area contributed by atoms with Crippen molar-refractivity contribution in [1.29, 1.82) is 0 Å². The Bertz CT molecular complexity index is 611. The van der Waals surface area contributed by atoms with Crippen LogP contribution in [0.25, 0.3) is 0 Å². The molecule has 0 unspecified atom stereocenters. The van der Waals surface area contributed by atoms with Crippen LogP contribution in [0.1, 0.15) is 15.9 Å². The van der Waals surface area contributed by atoms with Crippen molar-refractivity contribution < 1.29 is 14.3 Å². The van der Waals surface area contributed by atoms with E-state index in [0.717, 1.165) is 10.0 Å². The number of benzene rings is 2. The second-order valence-corrected chi connectivity index (χ2v) is 5.08. The van der Waals surface area contributed by atoms with Crippen LogP contribution >= 0.6 is 15.9 Å². The molecule has 0 spiro atoms. The SMILES string of the molecule is COC(=O)c1ccc(N)c(OCc2ccc(Br)cc2)c1. The Kier molecular flexibility index (Phi) is 4.63. The van der Waals surface area contributed by atoms with E-state index in [-0.39, 0.29) is 0 Å². The van der Waals surface area contributed by atoms with E-state index in [9.17, 15) is 4.79 Å². The van der Waals surface area contributed by atoms with Crippen LogP contribution < -0.4 is 10.5 Å². The number of methoxy groups -OCH3 is 1. The first-order valence-corrected chi connectivity index (χ1v) is 6.74. The molecule has 2 aromatic carbocycles. The fourth-order valence-corrected chi connectivity index (χ4v) is 1.91. The maximum Gasteiger partial charge on any atom is 0.337 e. The summed E-state index contributed by atoms with van der Waals surface area (Å²) in [5.41, 5.74) is 7.74. The predicted octanol–water partition coefficient (Wildman–Crippen LogP) is 3.40. The van der Waals surface area contributed by atoms with Gasteiger partial charge in [0.25, 0.3) is 0 Å². The molecular weight excluding hydrogens is 322 g/mol. The van der Waals surface area contributed by atoms with Crippen molar-refractivity contribution >= 4 is 27.6 Å². The lowest BCUT2D eigenvalue weighted by Crippen LogP contribution is -2.04. The van der Waals surface area contributed by atoms with Crippen LogP contribution in [0.4, 0.5) is 5.69 Å². The molecule has 0 aliphatic carbocycles. The molecule has 2 rings (SSSR count). The number of nitrogens with two attached hydrogens (primary N) is 1. The number of carbonyl (C=O) groups is 1. The number of rotatable bonds is 4. The Morgan fingerprint density at radius 2 is 1.90 bits per heavy atom. The molecule has 4 nitrogen and oxygen atoms in total. The van der Waals surface area contributed by atoms with Crippen LogP contribution in [0.3, 0.4) is 0 Å². The standard InChI is InChI=1S/C15H14BrNO3/c1-19-15(18)11-4-7-13(17)14(8-11)20-9-10-2-5-12(16)6-3-10/h2-8H,9,17H2,1H3. The average molecular weight is 336 g/mol. The summed E-state index contributed by atoms with van der Waals surface area (Å²) in [4.78, 5) is 11.5. The van der Waals surface area contributed by atoms with Crippen molar-refractivity contribution in [1.82, 2.24) is 0 Å². The maximum absolute atomic E-state index is 11.5. The summed E-state index contributed by atoms with van der Waals surface area (Å²) in [7, 11) is 1.33. The summed E-state index contributed by atoms with van der Waals surface area (Å²) in [5, 5.41) is 0. The van der Waals surface area contributed by atoms with E-state index in [1.165, 1.54) is 7.11 Å². The highest BCUT2D eigenvalue weighted by Gasteiger charge is 2.09. The number of halogens is 1. The highest BCUT2D eigenvalue weighted by Crippen LogP contribution is 2.24. The van der Waals surface area contributed by atoms with Gasteiger partial charge < -0.3 is 15.2 Å². The Hall–Kier alpha value is -2.01. The molecule has 0 atom stereocenters. The fourth-order valence-electron chi connectivity index (χ4n) is 1.65. The third kappa shape index (κ3) is 3.51. The van der Waals surface area contributed by atoms with Gasteiger partial charge in [-0.05, 0) is 35.9 Å². The number of ether oxygens (including phenoxy) is 2. The van der Waals surface area contributed by atoms with Gasteiger partial charge in [0.1, 0.15) is 12.4 Å². The molecule has 104 valence electrons. The van der Waals surface area contributed by atoms with E-state index < -0.39 is 5.97 Å². The number of esters is 1. The van der Waals surface area contributed by atoms with E-state index in [0.29, 0.717) is 23.6 Å². The molecule has 0 amide bonds. The molecule has 0 heterocycles. The molecule has 0 saturated heterocycles. The van der Waals surface area contributed by atoms with Gasteiger partial charge in [0.15, 0.2) is 0 Å². The van der Waals surface area contributed by atoms with E-state index in [4.69, 9.17) is 10.5 Å². The van der Waals surface area contributed by atoms with Crippen molar-refractivity contribution in [3.63, 3.8) is 0 Å². The van der Waals surface area contributed by atoms with E-state index in [1.54, 1.807) is 18.2 Å². The fraction of sp³-hybridized carbons (Fsp3) is 0.133. The van der Waals surface area contributed by atoms with Crippen molar-refractivity contribution in [2.24, 2.45) is 0 Å². The number of anilines is 1. The molecule has 0 radical (unpaired) electrons. The third-order valence-electron chi connectivity index (χ3n) is 2.74. The zero-order valence-corrected chi connectivity index (χ0v) is 12.5. The second-order valence-electron chi connectivity index (χ2n) is 4.16. The molecule has 0 bridgehead atoms. The molecule has 0 aliphatic heterocycles. The molecule has 2 N–H and O–H groups in total. The highest BCUT2D eigenvalue weighted by molar-refractivity contribution is 9.10. The van der Waals surface area contributed by atoms with Crippen molar-refractivity contribution in [2.75, 3.05) is 12.8 Å². The van der Waals surface area contributed by atoms with Gasteiger partial charge in [-0.1, -0.05) is 28.1 Å².